The molecule has 1 fully saturated rings. The first-order valence-corrected chi connectivity index (χ1v) is 6.47. The lowest BCUT2D eigenvalue weighted by atomic mass is 10.0. The smallest absolute Gasteiger partial charge is 0.0593 e. The molecule has 1 atom stereocenters. The van der Waals surface area contributed by atoms with E-state index in [2.05, 4.69) is 11.0 Å². The molecular weight excluding hydrogens is 236 g/mol. The number of benzene rings is 1. The van der Waals surface area contributed by atoms with Crippen molar-refractivity contribution in [2.45, 2.75) is 12.5 Å². The Morgan fingerprint density at radius 3 is 2.88 bits per heavy atom. The Kier molecular flexibility index (Phi) is 4.80. The van der Waals surface area contributed by atoms with Crippen molar-refractivity contribution in [2.24, 2.45) is 5.73 Å². The summed E-state index contributed by atoms with van der Waals surface area (Å²) in [6.07, 6.45) is 1.06. The Morgan fingerprint density at radius 1 is 1.29 bits per heavy atom. The number of hydrogen-bond acceptors (Lipinski definition) is 3. The van der Waals surface area contributed by atoms with Crippen LogP contribution in [0.25, 0.3) is 0 Å². The topological polar surface area (TPSA) is 38.5 Å². The van der Waals surface area contributed by atoms with Crippen molar-refractivity contribution in [3.8, 4) is 0 Å². The molecule has 1 saturated heterocycles. The van der Waals surface area contributed by atoms with Crippen LogP contribution in [0.15, 0.2) is 24.3 Å². The van der Waals surface area contributed by atoms with Gasteiger partial charge in [0.1, 0.15) is 0 Å². The molecule has 17 heavy (non-hydrogen) atoms. The van der Waals surface area contributed by atoms with Crippen molar-refractivity contribution >= 4 is 11.6 Å². The van der Waals surface area contributed by atoms with E-state index in [1.165, 1.54) is 0 Å². The highest BCUT2D eigenvalue weighted by Gasteiger charge is 2.21. The first-order chi connectivity index (χ1) is 8.33. The van der Waals surface area contributed by atoms with Crippen molar-refractivity contribution in [1.82, 2.24) is 4.90 Å². The second kappa shape index (κ2) is 6.36. The Balaban J connectivity index is 2.17. The fourth-order valence-electron chi connectivity index (χ4n) is 2.30. The third-order valence-corrected chi connectivity index (χ3v) is 3.53. The first kappa shape index (κ1) is 12.8. The number of hydrogen-bond donors (Lipinski definition) is 1. The number of rotatable bonds is 3. The summed E-state index contributed by atoms with van der Waals surface area (Å²) < 4.78 is 5.47. The third kappa shape index (κ3) is 3.19. The zero-order chi connectivity index (χ0) is 12.1. The van der Waals surface area contributed by atoms with Crippen LogP contribution in [0.3, 0.4) is 0 Å². The van der Waals surface area contributed by atoms with E-state index in [0.29, 0.717) is 6.54 Å². The fourth-order valence-corrected chi connectivity index (χ4v) is 2.56. The molecule has 1 heterocycles. The summed E-state index contributed by atoms with van der Waals surface area (Å²) in [5.41, 5.74) is 7.04. The highest BCUT2D eigenvalue weighted by molar-refractivity contribution is 6.31. The largest absolute Gasteiger partial charge is 0.380 e. The molecule has 1 aliphatic rings. The van der Waals surface area contributed by atoms with Crippen LogP contribution < -0.4 is 5.73 Å². The van der Waals surface area contributed by atoms with Gasteiger partial charge in [-0.15, -0.1) is 0 Å². The lowest BCUT2D eigenvalue weighted by Gasteiger charge is -2.30. The fraction of sp³-hybridized carbons (Fsp3) is 0.538. The van der Waals surface area contributed by atoms with E-state index < -0.39 is 0 Å². The standard InChI is InChI=1S/C13H19ClN2O/c14-12-5-2-1-4-11(12)13(10-15)16-6-3-8-17-9-7-16/h1-2,4-5,13H,3,6-10,15H2. The SMILES string of the molecule is NCC(c1ccccc1Cl)N1CCCOCC1. The molecule has 0 aromatic heterocycles. The second-order valence-corrected chi connectivity index (χ2v) is 4.68. The molecule has 1 aliphatic heterocycles. The van der Waals surface area contributed by atoms with Gasteiger partial charge in [0.25, 0.3) is 0 Å². The molecule has 0 aliphatic carbocycles. The van der Waals surface area contributed by atoms with E-state index in [1.807, 2.05) is 18.2 Å². The van der Waals surface area contributed by atoms with E-state index >= 15 is 0 Å². The van der Waals surface area contributed by atoms with Crippen LogP contribution in [0.5, 0.6) is 0 Å². The van der Waals surface area contributed by atoms with Gasteiger partial charge in [-0.2, -0.15) is 0 Å². The molecule has 2 rings (SSSR count). The predicted octanol–water partition coefficient (Wildman–Crippen LogP) is 2.06. The van der Waals surface area contributed by atoms with Gasteiger partial charge in [-0.25, -0.2) is 0 Å². The second-order valence-electron chi connectivity index (χ2n) is 4.27. The molecule has 4 heteroatoms. The highest BCUT2D eigenvalue weighted by atomic mass is 35.5. The Labute approximate surface area is 107 Å². The van der Waals surface area contributed by atoms with Crippen LogP contribution in [0.4, 0.5) is 0 Å². The Bertz CT molecular complexity index is 351. The molecule has 0 bridgehead atoms. The molecule has 3 nitrogen and oxygen atoms in total. The normalized spacial score (nSPS) is 19.9. The number of nitrogens with zero attached hydrogens (tertiary/aromatic N) is 1. The van der Waals surface area contributed by atoms with Crippen LogP contribution in [-0.4, -0.2) is 37.7 Å². The molecule has 0 radical (unpaired) electrons. The third-order valence-electron chi connectivity index (χ3n) is 3.19. The van der Waals surface area contributed by atoms with E-state index in [-0.39, 0.29) is 6.04 Å². The maximum Gasteiger partial charge on any atom is 0.0593 e. The molecule has 0 saturated carbocycles. The maximum atomic E-state index is 6.24. The van der Waals surface area contributed by atoms with Gasteiger partial charge in [-0.05, 0) is 18.1 Å². The van der Waals surface area contributed by atoms with Gasteiger partial charge in [0.2, 0.25) is 0 Å². The summed E-state index contributed by atoms with van der Waals surface area (Å²) >= 11 is 6.24. The van der Waals surface area contributed by atoms with Gasteiger partial charge in [0, 0.05) is 37.3 Å². The zero-order valence-corrected chi connectivity index (χ0v) is 10.7. The zero-order valence-electron chi connectivity index (χ0n) is 9.94. The molecule has 94 valence electrons. The number of nitrogens with two attached hydrogens (primary N) is 1. The van der Waals surface area contributed by atoms with E-state index in [0.717, 1.165) is 43.3 Å². The van der Waals surface area contributed by atoms with Gasteiger partial charge < -0.3 is 10.5 Å². The molecule has 1 aromatic rings. The molecule has 0 spiro atoms. The summed E-state index contributed by atoms with van der Waals surface area (Å²) in [6.45, 7) is 4.15. The molecular formula is C13H19ClN2O. The van der Waals surface area contributed by atoms with Gasteiger partial charge in [-0.1, -0.05) is 29.8 Å². The maximum absolute atomic E-state index is 6.24. The lowest BCUT2D eigenvalue weighted by Crippen LogP contribution is -2.35. The summed E-state index contributed by atoms with van der Waals surface area (Å²) in [5.74, 6) is 0. The monoisotopic (exact) mass is 254 g/mol. The quantitative estimate of drug-likeness (QED) is 0.898. The van der Waals surface area contributed by atoms with E-state index in [1.54, 1.807) is 0 Å². The van der Waals surface area contributed by atoms with Crippen LogP contribution in [-0.2, 0) is 4.74 Å². The van der Waals surface area contributed by atoms with Crippen LogP contribution in [0.1, 0.15) is 18.0 Å². The number of ether oxygens (including phenoxy) is 1. The molecule has 2 N–H and O–H groups in total. The molecule has 1 unspecified atom stereocenters. The van der Waals surface area contributed by atoms with Crippen LogP contribution in [0, 0.1) is 0 Å². The van der Waals surface area contributed by atoms with Gasteiger partial charge in [0.05, 0.1) is 6.61 Å². The van der Waals surface area contributed by atoms with E-state index in [9.17, 15) is 0 Å². The number of halogens is 1. The lowest BCUT2D eigenvalue weighted by molar-refractivity contribution is 0.132. The summed E-state index contributed by atoms with van der Waals surface area (Å²) in [6, 6.07) is 8.15. The van der Waals surface area contributed by atoms with Crippen molar-refractivity contribution in [3.63, 3.8) is 0 Å². The Hall–Kier alpha value is -0.610. The first-order valence-electron chi connectivity index (χ1n) is 6.09. The van der Waals surface area contributed by atoms with Gasteiger partial charge in [-0.3, -0.25) is 4.90 Å². The average Bonchev–Trinajstić information content (AvgIpc) is 2.62. The minimum absolute atomic E-state index is 0.199. The summed E-state index contributed by atoms with van der Waals surface area (Å²) in [4.78, 5) is 2.37. The van der Waals surface area contributed by atoms with Crippen molar-refractivity contribution < 1.29 is 4.74 Å². The van der Waals surface area contributed by atoms with E-state index in [4.69, 9.17) is 22.1 Å². The van der Waals surface area contributed by atoms with Gasteiger partial charge >= 0.3 is 0 Å². The van der Waals surface area contributed by atoms with Crippen molar-refractivity contribution in [1.29, 1.82) is 0 Å². The minimum Gasteiger partial charge on any atom is -0.380 e. The minimum atomic E-state index is 0.199. The highest BCUT2D eigenvalue weighted by Crippen LogP contribution is 2.27. The molecule has 0 amide bonds. The molecule has 1 aromatic carbocycles. The van der Waals surface area contributed by atoms with Crippen molar-refractivity contribution in [3.05, 3.63) is 34.9 Å². The Morgan fingerprint density at radius 2 is 2.12 bits per heavy atom. The summed E-state index contributed by atoms with van der Waals surface area (Å²) in [5, 5.41) is 0.799. The van der Waals surface area contributed by atoms with Crippen LogP contribution >= 0.6 is 11.6 Å². The van der Waals surface area contributed by atoms with Crippen LogP contribution in [0.2, 0.25) is 5.02 Å². The summed E-state index contributed by atoms with van der Waals surface area (Å²) in [7, 11) is 0. The average molecular weight is 255 g/mol. The van der Waals surface area contributed by atoms with Gasteiger partial charge in [0.15, 0.2) is 0 Å². The van der Waals surface area contributed by atoms with Crippen molar-refractivity contribution in [2.75, 3.05) is 32.8 Å². The predicted molar refractivity (Wildman–Crippen MR) is 70.3 cm³/mol.